The lowest BCUT2D eigenvalue weighted by Gasteiger charge is -2.60. The highest BCUT2D eigenvalue weighted by Crippen LogP contribution is 2.61. The van der Waals surface area contributed by atoms with Crippen LogP contribution in [0.25, 0.3) is 0 Å². The molecule has 0 amide bonds. The number of rotatable bonds is 4. The van der Waals surface area contributed by atoms with Gasteiger partial charge in [0.25, 0.3) is 0 Å². The number of ketones is 1. The first kappa shape index (κ1) is 14.3. The number of methoxy groups -OCH3 is 1. The highest BCUT2D eigenvalue weighted by atomic mass is 16.5. The van der Waals surface area contributed by atoms with Gasteiger partial charge in [0.15, 0.2) is 0 Å². The first-order valence-electron chi connectivity index (χ1n) is 8.03. The zero-order valence-corrected chi connectivity index (χ0v) is 12.9. The van der Waals surface area contributed by atoms with Gasteiger partial charge >= 0.3 is 0 Å². The Morgan fingerprint density at radius 3 is 2.95 bits per heavy atom. The summed E-state index contributed by atoms with van der Waals surface area (Å²) in [5, 5.41) is 3.52. The van der Waals surface area contributed by atoms with Gasteiger partial charge in [-0.1, -0.05) is 26.0 Å². The summed E-state index contributed by atoms with van der Waals surface area (Å²) >= 11 is 0. The molecular weight excluding hydrogens is 250 g/mol. The predicted molar refractivity (Wildman–Crippen MR) is 79.5 cm³/mol. The summed E-state index contributed by atoms with van der Waals surface area (Å²) < 4.78 is 5.76. The number of hydrogen-bond acceptors (Lipinski definition) is 3. The molecule has 112 valence electrons. The lowest BCUT2D eigenvalue weighted by Crippen LogP contribution is -2.62. The minimum Gasteiger partial charge on any atom is -0.380 e. The molecule has 2 bridgehead atoms. The minimum atomic E-state index is -0.341. The summed E-state index contributed by atoms with van der Waals surface area (Å²) in [5.41, 5.74) is -0.129. The maximum absolute atomic E-state index is 12.8. The molecule has 2 fully saturated rings. The number of ether oxygens (including phenoxy) is 1. The number of carbonyl (C=O) groups excluding carboxylic acids is 1. The quantitative estimate of drug-likeness (QED) is 0.803. The molecule has 1 N–H and O–H groups in total. The molecule has 4 aliphatic carbocycles. The molecular formula is C17H27NO2. The molecule has 3 heteroatoms. The van der Waals surface area contributed by atoms with E-state index in [2.05, 4.69) is 31.3 Å². The number of allylic oxidation sites excluding steroid dienone is 1. The summed E-state index contributed by atoms with van der Waals surface area (Å²) in [7, 11) is 1.77. The van der Waals surface area contributed by atoms with Gasteiger partial charge in [-0.2, -0.15) is 0 Å². The lowest BCUT2D eigenvalue weighted by atomic mass is 9.45. The molecule has 0 aromatic rings. The maximum atomic E-state index is 12.8. The van der Waals surface area contributed by atoms with Crippen LogP contribution in [0.3, 0.4) is 0 Å². The molecule has 0 aromatic heterocycles. The summed E-state index contributed by atoms with van der Waals surface area (Å²) in [5.74, 6) is 1.32. The van der Waals surface area contributed by atoms with Gasteiger partial charge in [0.1, 0.15) is 5.78 Å². The summed E-state index contributed by atoms with van der Waals surface area (Å²) in [6, 6.07) is 0. The van der Waals surface area contributed by atoms with Crippen LogP contribution >= 0.6 is 0 Å². The molecule has 2 saturated carbocycles. The van der Waals surface area contributed by atoms with Crippen molar-refractivity contribution in [2.45, 2.75) is 45.6 Å². The van der Waals surface area contributed by atoms with E-state index in [9.17, 15) is 4.79 Å². The van der Waals surface area contributed by atoms with Gasteiger partial charge < -0.3 is 10.1 Å². The topological polar surface area (TPSA) is 38.3 Å². The third-order valence-electron chi connectivity index (χ3n) is 6.10. The molecule has 5 atom stereocenters. The van der Waals surface area contributed by atoms with E-state index in [1.54, 1.807) is 7.11 Å². The van der Waals surface area contributed by atoms with Crippen LogP contribution in [-0.2, 0) is 9.53 Å². The minimum absolute atomic E-state index is 0.0761. The first-order chi connectivity index (χ1) is 9.56. The molecule has 0 heterocycles. The first-order valence-corrected chi connectivity index (χ1v) is 8.03. The van der Waals surface area contributed by atoms with Crippen molar-refractivity contribution >= 4 is 5.78 Å². The van der Waals surface area contributed by atoms with Crippen LogP contribution in [0.5, 0.6) is 0 Å². The van der Waals surface area contributed by atoms with Gasteiger partial charge in [-0.05, 0) is 43.1 Å². The third kappa shape index (κ3) is 1.82. The second-order valence-electron chi connectivity index (χ2n) is 7.17. The van der Waals surface area contributed by atoms with E-state index in [-0.39, 0.29) is 16.9 Å². The smallest absolute Gasteiger partial charge is 0.146 e. The summed E-state index contributed by atoms with van der Waals surface area (Å²) in [6.45, 7) is 6.53. The average Bonchev–Trinajstić information content (AvgIpc) is 2.46. The van der Waals surface area contributed by atoms with Crippen LogP contribution in [0, 0.1) is 22.7 Å². The zero-order valence-electron chi connectivity index (χ0n) is 12.9. The molecule has 3 nitrogen and oxygen atoms in total. The molecule has 0 aromatic carbocycles. The van der Waals surface area contributed by atoms with Crippen molar-refractivity contribution in [1.82, 2.24) is 5.32 Å². The molecule has 4 aliphatic rings. The van der Waals surface area contributed by atoms with Crippen LogP contribution in [0.1, 0.15) is 39.5 Å². The Hall–Kier alpha value is -0.670. The maximum Gasteiger partial charge on any atom is 0.146 e. The second-order valence-corrected chi connectivity index (χ2v) is 7.17. The third-order valence-corrected chi connectivity index (χ3v) is 6.10. The largest absolute Gasteiger partial charge is 0.380 e. The zero-order chi connectivity index (χ0) is 14.4. The fraction of sp³-hybridized carbons (Fsp3) is 0.824. The summed E-state index contributed by atoms with van der Waals surface area (Å²) in [6.07, 6.45) is 8.60. The average molecular weight is 277 g/mol. The number of fused-ring (bicyclic) bond motifs is 1. The molecule has 0 saturated heterocycles. The lowest BCUT2D eigenvalue weighted by molar-refractivity contribution is -0.165. The van der Waals surface area contributed by atoms with Gasteiger partial charge in [0.05, 0.1) is 11.5 Å². The fourth-order valence-electron chi connectivity index (χ4n) is 5.02. The fourth-order valence-corrected chi connectivity index (χ4v) is 5.02. The Balaban J connectivity index is 1.99. The Bertz CT molecular complexity index is 433. The van der Waals surface area contributed by atoms with E-state index in [4.69, 9.17) is 4.74 Å². The van der Waals surface area contributed by atoms with Crippen LogP contribution < -0.4 is 5.32 Å². The van der Waals surface area contributed by atoms with Crippen molar-refractivity contribution < 1.29 is 9.53 Å². The molecule has 20 heavy (non-hydrogen) atoms. The Morgan fingerprint density at radius 2 is 2.30 bits per heavy atom. The summed E-state index contributed by atoms with van der Waals surface area (Å²) in [4.78, 5) is 12.8. The van der Waals surface area contributed by atoms with Crippen LogP contribution in [0.4, 0.5) is 0 Å². The van der Waals surface area contributed by atoms with Crippen LogP contribution in [-0.4, -0.2) is 32.1 Å². The number of carbonyl (C=O) groups is 1. The van der Waals surface area contributed by atoms with Crippen molar-refractivity contribution in [2.24, 2.45) is 22.7 Å². The Kier molecular flexibility index (Phi) is 3.54. The molecule has 1 spiro atoms. The highest BCUT2D eigenvalue weighted by Gasteiger charge is 2.62. The van der Waals surface area contributed by atoms with E-state index in [1.807, 2.05) is 0 Å². The monoisotopic (exact) mass is 277 g/mol. The van der Waals surface area contributed by atoms with E-state index in [1.165, 1.54) is 0 Å². The van der Waals surface area contributed by atoms with Crippen molar-refractivity contribution in [3.63, 3.8) is 0 Å². The normalized spacial score (nSPS) is 46.5. The number of Topliss-reactive ketones (excluding diaryl/α,β-unsaturated/α-hetero) is 1. The van der Waals surface area contributed by atoms with Crippen molar-refractivity contribution in [3.05, 3.63) is 12.2 Å². The molecule has 2 unspecified atom stereocenters. The van der Waals surface area contributed by atoms with Gasteiger partial charge in [-0.3, -0.25) is 4.79 Å². The van der Waals surface area contributed by atoms with E-state index < -0.39 is 0 Å². The SMILES string of the molecule is CCNC[C@]1(C)CCC(OC)C23C=C[C@H](CC2=O)C[C@@H]31. The van der Waals surface area contributed by atoms with E-state index >= 15 is 0 Å². The van der Waals surface area contributed by atoms with E-state index in [0.717, 1.165) is 38.8 Å². The van der Waals surface area contributed by atoms with Crippen molar-refractivity contribution in [3.8, 4) is 0 Å². The van der Waals surface area contributed by atoms with Crippen LogP contribution in [0.15, 0.2) is 12.2 Å². The van der Waals surface area contributed by atoms with Gasteiger partial charge in [0.2, 0.25) is 0 Å². The highest BCUT2D eigenvalue weighted by molar-refractivity contribution is 5.90. The molecule has 0 radical (unpaired) electrons. The molecule has 0 aliphatic heterocycles. The van der Waals surface area contributed by atoms with Crippen LogP contribution in [0.2, 0.25) is 0 Å². The Labute approximate surface area is 122 Å². The molecule has 4 rings (SSSR count). The van der Waals surface area contributed by atoms with Crippen molar-refractivity contribution in [2.75, 3.05) is 20.2 Å². The second kappa shape index (κ2) is 4.96. The predicted octanol–water partition coefficient (Wildman–Crippen LogP) is 2.56. The Morgan fingerprint density at radius 1 is 1.50 bits per heavy atom. The van der Waals surface area contributed by atoms with E-state index in [0.29, 0.717) is 17.6 Å². The van der Waals surface area contributed by atoms with Gasteiger partial charge in [-0.25, -0.2) is 0 Å². The number of nitrogens with one attached hydrogen (secondary N) is 1. The van der Waals surface area contributed by atoms with Crippen molar-refractivity contribution in [1.29, 1.82) is 0 Å². The van der Waals surface area contributed by atoms with Gasteiger partial charge in [0, 0.05) is 20.1 Å². The standard InChI is InChI=1S/C17H27NO2/c1-4-18-11-16(2)7-6-15(20-3)17-8-5-12(9-13(16)17)10-14(17)19/h5,8,12-13,15,18H,4,6-7,9-11H2,1-3H3/t12-,13+,15?,16-,17?/m0/s1. The van der Waals surface area contributed by atoms with Gasteiger partial charge in [-0.15, -0.1) is 0 Å². The number of hydrogen-bond donors (Lipinski definition) is 1.